The molecule has 0 aliphatic carbocycles. The Balaban J connectivity index is 1.31. The van der Waals surface area contributed by atoms with Crippen LogP contribution in [0.3, 0.4) is 0 Å². The molecule has 3 aromatic carbocycles. The van der Waals surface area contributed by atoms with Gasteiger partial charge in [0.25, 0.3) is 0 Å². The van der Waals surface area contributed by atoms with E-state index in [1.54, 1.807) is 59.5 Å². The second-order valence-corrected chi connectivity index (χ2v) is 11.1. The highest BCUT2D eigenvalue weighted by atomic mass is 35.5. The average molecular weight is 615 g/mol. The summed E-state index contributed by atoms with van der Waals surface area (Å²) in [5, 5.41) is 42.1. The number of benzene rings is 3. The zero-order chi connectivity index (χ0) is 29.5. The summed E-state index contributed by atoms with van der Waals surface area (Å²) < 4.78 is 16.9. The molecule has 42 heavy (non-hydrogen) atoms. The molecule has 10 nitrogen and oxygen atoms in total. The lowest BCUT2D eigenvalue weighted by Gasteiger charge is -2.39. The van der Waals surface area contributed by atoms with Crippen LogP contribution in [0, 0.1) is 0 Å². The molecule has 1 saturated heterocycles. The molecule has 0 spiro atoms. The monoisotopic (exact) mass is 614 g/mol. The standard InChI is InChI=1S/C30H28Cl2N2O8/c31-16-3-8-19(9-4-16)41-30(39)34-12-11-20-21-13-17(32)5-10-22(21)33-24(20)25(34)15-1-6-18(7-2-15)40-29-28(38)27(37)26(36)23(14-35)42-29/h1-10,13,23,25-29,33,35-38H,11-12,14H2/t23?,25-,26?,27?,28?,29-/m0/s1. The molecule has 0 radical (unpaired) electrons. The Morgan fingerprint density at radius 2 is 1.62 bits per heavy atom. The van der Waals surface area contributed by atoms with Gasteiger partial charge in [0, 0.05) is 33.2 Å². The van der Waals surface area contributed by atoms with E-state index in [9.17, 15) is 25.2 Å². The van der Waals surface area contributed by atoms with Crippen LogP contribution in [0.4, 0.5) is 4.79 Å². The third kappa shape index (κ3) is 5.43. The molecular weight excluding hydrogens is 587 g/mol. The molecule has 12 heteroatoms. The van der Waals surface area contributed by atoms with Crippen molar-refractivity contribution in [3.05, 3.63) is 93.6 Å². The zero-order valence-corrected chi connectivity index (χ0v) is 23.6. The van der Waals surface area contributed by atoms with Gasteiger partial charge in [-0.05, 0) is 72.1 Å². The number of aliphatic hydroxyl groups is 4. The molecule has 1 amide bonds. The molecule has 6 rings (SSSR count). The first-order valence-electron chi connectivity index (χ1n) is 13.3. The summed E-state index contributed by atoms with van der Waals surface area (Å²) in [5.41, 5.74) is 3.52. The summed E-state index contributed by atoms with van der Waals surface area (Å²) in [4.78, 5) is 18.6. The van der Waals surface area contributed by atoms with E-state index in [4.69, 9.17) is 37.4 Å². The van der Waals surface area contributed by atoms with Gasteiger partial charge >= 0.3 is 6.09 Å². The highest BCUT2D eigenvalue weighted by Crippen LogP contribution is 2.40. The number of carbonyl (C=O) groups is 1. The Bertz CT molecular complexity index is 1580. The number of H-pyrrole nitrogens is 1. The van der Waals surface area contributed by atoms with Crippen molar-refractivity contribution < 1.29 is 39.4 Å². The van der Waals surface area contributed by atoms with Crippen LogP contribution < -0.4 is 9.47 Å². The van der Waals surface area contributed by atoms with E-state index >= 15 is 0 Å². The van der Waals surface area contributed by atoms with Gasteiger partial charge in [-0.15, -0.1) is 0 Å². The molecule has 3 heterocycles. The number of fused-ring (bicyclic) bond motifs is 3. The Morgan fingerprint density at radius 3 is 2.33 bits per heavy atom. The van der Waals surface area contributed by atoms with E-state index in [1.807, 2.05) is 12.1 Å². The van der Waals surface area contributed by atoms with E-state index in [-0.39, 0.29) is 0 Å². The van der Waals surface area contributed by atoms with Gasteiger partial charge in [0.05, 0.1) is 6.61 Å². The Morgan fingerprint density at radius 1 is 0.929 bits per heavy atom. The van der Waals surface area contributed by atoms with E-state index in [0.717, 1.165) is 27.7 Å². The number of aromatic nitrogens is 1. The molecular formula is C30H28Cl2N2O8. The van der Waals surface area contributed by atoms with Crippen LogP contribution in [0.5, 0.6) is 11.5 Å². The first-order chi connectivity index (χ1) is 20.2. The van der Waals surface area contributed by atoms with Gasteiger partial charge in [0.15, 0.2) is 0 Å². The van der Waals surface area contributed by atoms with Crippen molar-refractivity contribution in [2.75, 3.05) is 13.2 Å². The van der Waals surface area contributed by atoms with Crippen LogP contribution >= 0.6 is 23.2 Å². The van der Waals surface area contributed by atoms with Crippen molar-refractivity contribution >= 4 is 40.2 Å². The fraction of sp³-hybridized carbons (Fsp3) is 0.300. The van der Waals surface area contributed by atoms with Gasteiger partial charge in [0.2, 0.25) is 6.29 Å². The van der Waals surface area contributed by atoms with Crippen LogP contribution in [0.15, 0.2) is 66.7 Å². The van der Waals surface area contributed by atoms with Crippen molar-refractivity contribution in [3.8, 4) is 11.5 Å². The molecule has 4 aromatic rings. The minimum Gasteiger partial charge on any atom is -0.462 e. The molecule has 0 saturated carbocycles. The quantitative estimate of drug-likeness (QED) is 0.228. The molecule has 2 aliphatic heterocycles. The van der Waals surface area contributed by atoms with E-state index in [2.05, 4.69) is 4.98 Å². The summed E-state index contributed by atoms with van der Waals surface area (Å²) >= 11 is 12.3. The summed E-state index contributed by atoms with van der Waals surface area (Å²) in [5.74, 6) is 0.665. The highest BCUT2D eigenvalue weighted by molar-refractivity contribution is 6.31. The third-order valence-electron chi connectivity index (χ3n) is 7.64. The first-order valence-corrected chi connectivity index (χ1v) is 14.1. The predicted molar refractivity (Wildman–Crippen MR) is 154 cm³/mol. The van der Waals surface area contributed by atoms with Gasteiger partial charge in [-0.2, -0.15) is 0 Å². The molecule has 1 fully saturated rings. The van der Waals surface area contributed by atoms with Crippen LogP contribution in [0.1, 0.15) is 22.9 Å². The lowest BCUT2D eigenvalue weighted by atomic mass is 9.92. The SMILES string of the molecule is O=C(Oc1ccc(Cl)cc1)N1CCc2c([nH]c3ccc(Cl)cc23)[C@@H]1c1ccc(O[C@H]2OC(CO)C(O)C(O)C2O)cc1. The fourth-order valence-electron chi connectivity index (χ4n) is 5.49. The Labute approximate surface area is 250 Å². The van der Waals surface area contributed by atoms with Crippen molar-refractivity contribution in [1.29, 1.82) is 0 Å². The van der Waals surface area contributed by atoms with Crippen molar-refractivity contribution in [3.63, 3.8) is 0 Å². The number of ether oxygens (including phenoxy) is 3. The number of amides is 1. The lowest BCUT2D eigenvalue weighted by Crippen LogP contribution is -2.60. The third-order valence-corrected chi connectivity index (χ3v) is 8.13. The number of hydrogen-bond donors (Lipinski definition) is 5. The van der Waals surface area contributed by atoms with Gasteiger partial charge in [-0.25, -0.2) is 4.79 Å². The molecule has 6 atom stereocenters. The Kier molecular flexibility index (Phi) is 8.03. The molecule has 5 N–H and O–H groups in total. The van der Waals surface area contributed by atoms with Crippen molar-refractivity contribution in [2.45, 2.75) is 43.2 Å². The number of halogens is 2. The summed E-state index contributed by atoms with van der Waals surface area (Å²) in [7, 11) is 0. The van der Waals surface area contributed by atoms with Gasteiger partial charge < -0.3 is 39.6 Å². The summed E-state index contributed by atoms with van der Waals surface area (Å²) in [6.07, 6.45) is -6.96. The Hall–Kier alpha value is -3.35. The van der Waals surface area contributed by atoms with Crippen molar-refractivity contribution in [1.82, 2.24) is 9.88 Å². The maximum absolute atomic E-state index is 13.5. The van der Waals surface area contributed by atoms with E-state index in [1.165, 1.54) is 0 Å². The predicted octanol–water partition coefficient (Wildman–Crippen LogP) is 3.80. The van der Waals surface area contributed by atoms with E-state index < -0.39 is 49.4 Å². The first kappa shape index (κ1) is 28.8. The number of aromatic amines is 1. The molecule has 0 bridgehead atoms. The minimum absolute atomic E-state index is 0.304. The minimum atomic E-state index is -1.56. The van der Waals surface area contributed by atoms with Gasteiger partial charge in [-0.1, -0.05) is 35.3 Å². The summed E-state index contributed by atoms with van der Waals surface area (Å²) in [6, 6.07) is 18.5. The van der Waals surface area contributed by atoms with E-state index in [0.29, 0.717) is 34.5 Å². The van der Waals surface area contributed by atoms with Crippen LogP contribution in [0.2, 0.25) is 10.0 Å². The van der Waals surface area contributed by atoms with Gasteiger partial charge in [0.1, 0.15) is 42.0 Å². The lowest BCUT2D eigenvalue weighted by molar-refractivity contribution is -0.277. The highest BCUT2D eigenvalue weighted by Gasteiger charge is 2.45. The molecule has 220 valence electrons. The molecule has 4 unspecified atom stereocenters. The summed E-state index contributed by atoms with van der Waals surface area (Å²) in [6.45, 7) is -0.182. The van der Waals surface area contributed by atoms with Gasteiger partial charge in [-0.3, -0.25) is 4.90 Å². The maximum Gasteiger partial charge on any atom is 0.416 e. The fourth-order valence-corrected chi connectivity index (χ4v) is 5.79. The number of nitrogens with one attached hydrogen (secondary N) is 1. The number of hydrogen-bond acceptors (Lipinski definition) is 8. The second kappa shape index (κ2) is 11.7. The van der Waals surface area contributed by atoms with Crippen molar-refractivity contribution in [2.24, 2.45) is 0 Å². The number of rotatable bonds is 5. The number of carbonyl (C=O) groups excluding carboxylic acids is 1. The maximum atomic E-state index is 13.5. The topological polar surface area (TPSA) is 145 Å². The average Bonchev–Trinajstić information content (AvgIpc) is 3.36. The molecule has 1 aromatic heterocycles. The normalized spacial score (nSPS) is 25.7. The molecule has 2 aliphatic rings. The smallest absolute Gasteiger partial charge is 0.416 e. The zero-order valence-electron chi connectivity index (χ0n) is 22.1. The largest absolute Gasteiger partial charge is 0.462 e. The second-order valence-electron chi connectivity index (χ2n) is 10.3. The number of aliphatic hydroxyl groups excluding tert-OH is 4. The number of nitrogens with zero attached hydrogens (tertiary/aromatic N) is 1. The van der Waals surface area contributed by atoms with Crippen LogP contribution in [-0.4, -0.2) is 80.3 Å². The van der Waals surface area contributed by atoms with Crippen LogP contribution in [0.25, 0.3) is 10.9 Å². The van der Waals surface area contributed by atoms with Crippen LogP contribution in [-0.2, 0) is 11.2 Å².